The highest BCUT2D eigenvalue weighted by atomic mass is 16.5. The summed E-state index contributed by atoms with van der Waals surface area (Å²) in [5.41, 5.74) is 0. The highest BCUT2D eigenvalue weighted by Crippen LogP contribution is 2.16. The number of ether oxygens (including phenoxy) is 1. The summed E-state index contributed by atoms with van der Waals surface area (Å²) in [5, 5.41) is 52.3. The van der Waals surface area contributed by atoms with Crippen molar-refractivity contribution < 1.29 is 30.3 Å². The van der Waals surface area contributed by atoms with Crippen molar-refractivity contribution in [1.82, 2.24) is 5.32 Å². The van der Waals surface area contributed by atoms with Crippen molar-refractivity contribution in [3.63, 3.8) is 0 Å². The topological polar surface area (TPSA) is 122 Å². The highest BCUT2D eigenvalue weighted by Gasteiger charge is 2.27. The van der Waals surface area contributed by atoms with E-state index in [0.29, 0.717) is 6.42 Å². The van der Waals surface area contributed by atoms with E-state index in [4.69, 9.17) is 9.84 Å². The van der Waals surface area contributed by atoms with E-state index in [2.05, 4.69) is 19.2 Å². The molecular weight excluding hydrogens is 554 g/mol. The SMILES string of the molecule is CCCCCCCCCCCCCCCCCCCCCCCCCC(C)N[C@@H](COC[C@H](O)[C@@H](O)CO)[C@H](O)[C@H](O)CC. The van der Waals surface area contributed by atoms with Crippen LogP contribution >= 0.6 is 0 Å². The Hall–Kier alpha value is -0.280. The predicted molar refractivity (Wildman–Crippen MR) is 185 cm³/mol. The number of rotatable bonds is 35. The van der Waals surface area contributed by atoms with Crippen LogP contribution in [-0.2, 0) is 4.74 Å². The first-order valence-electron chi connectivity index (χ1n) is 19.0. The monoisotopic (exact) mass is 632 g/mol. The summed E-state index contributed by atoms with van der Waals surface area (Å²) in [6, 6.07) is -0.326. The third-order valence-electron chi connectivity index (χ3n) is 9.18. The molecule has 0 aromatic rings. The fourth-order valence-corrected chi connectivity index (χ4v) is 5.99. The van der Waals surface area contributed by atoms with Crippen molar-refractivity contribution >= 4 is 0 Å². The molecule has 0 aromatic heterocycles. The van der Waals surface area contributed by atoms with Crippen LogP contribution in [0.5, 0.6) is 0 Å². The van der Waals surface area contributed by atoms with Gasteiger partial charge in [0.2, 0.25) is 0 Å². The maximum absolute atomic E-state index is 10.6. The van der Waals surface area contributed by atoms with Crippen LogP contribution in [0.25, 0.3) is 0 Å². The Labute approximate surface area is 273 Å². The Balaban J connectivity index is 3.66. The second-order valence-electron chi connectivity index (χ2n) is 13.6. The predicted octanol–water partition coefficient (Wildman–Crippen LogP) is 7.58. The molecule has 0 aromatic carbocycles. The molecule has 0 heterocycles. The lowest BCUT2D eigenvalue weighted by Crippen LogP contribution is -2.52. The third-order valence-corrected chi connectivity index (χ3v) is 9.18. The van der Waals surface area contributed by atoms with Gasteiger partial charge >= 0.3 is 0 Å². The minimum absolute atomic E-state index is 0.0944. The molecule has 0 saturated carbocycles. The molecule has 0 aliphatic rings. The van der Waals surface area contributed by atoms with Gasteiger partial charge in [0.1, 0.15) is 12.2 Å². The first-order valence-corrected chi connectivity index (χ1v) is 19.0. The van der Waals surface area contributed by atoms with Gasteiger partial charge in [0.15, 0.2) is 0 Å². The Bertz CT molecular complexity index is 568. The van der Waals surface area contributed by atoms with Crippen LogP contribution in [0.15, 0.2) is 0 Å². The molecule has 0 amide bonds. The van der Waals surface area contributed by atoms with Crippen LogP contribution in [0.4, 0.5) is 0 Å². The van der Waals surface area contributed by atoms with E-state index in [1.54, 1.807) is 0 Å². The van der Waals surface area contributed by atoms with E-state index in [0.717, 1.165) is 12.8 Å². The molecule has 1 unspecified atom stereocenters. The molecule has 0 spiro atoms. The van der Waals surface area contributed by atoms with Gasteiger partial charge in [-0.1, -0.05) is 162 Å². The van der Waals surface area contributed by atoms with E-state index in [-0.39, 0.29) is 19.3 Å². The smallest absolute Gasteiger partial charge is 0.105 e. The van der Waals surface area contributed by atoms with Crippen LogP contribution < -0.4 is 5.32 Å². The highest BCUT2D eigenvalue weighted by molar-refractivity contribution is 4.83. The molecule has 7 heteroatoms. The Morgan fingerprint density at radius 2 is 0.886 bits per heavy atom. The number of hydrogen-bond donors (Lipinski definition) is 6. The number of aliphatic hydroxyl groups excluding tert-OH is 5. The normalized spacial score (nSPS) is 16.1. The van der Waals surface area contributed by atoms with Gasteiger partial charge in [-0.25, -0.2) is 0 Å². The van der Waals surface area contributed by atoms with E-state index in [1.165, 1.54) is 141 Å². The van der Waals surface area contributed by atoms with Gasteiger partial charge in [0, 0.05) is 6.04 Å². The van der Waals surface area contributed by atoms with Crippen LogP contribution in [0, 0.1) is 0 Å². The molecular formula is C37H77NO6. The molecule has 6 N–H and O–H groups in total. The molecule has 0 aliphatic heterocycles. The minimum atomic E-state index is -1.26. The summed E-state index contributed by atoms with van der Waals surface area (Å²) < 4.78 is 5.50. The van der Waals surface area contributed by atoms with Gasteiger partial charge in [0.25, 0.3) is 0 Å². The van der Waals surface area contributed by atoms with Crippen LogP contribution in [0.1, 0.15) is 181 Å². The molecule has 0 aliphatic carbocycles. The zero-order chi connectivity index (χ0) is 32.7. The summed E-state index contributed by atoms with van der Waals surface area (Å²) >= 11 is 0. The summed E-state index contributed by atoms with van der Waals surface area (Å²) in [7, 11) is 0. The fraction of sp³-hybridized carbons (Fsp3) is 1.00. The summed E-state index contributed by atoms with van der Waals surface area (Å²) in [4.78, 5) is 0. The molecule has 0 saturated heterocycles. The number of hydrogen-bond acceptors (Lipinski definition) is 7. The zero-order valence-corrected chi connectivity index (χ0v) is 29.4. The minimum Gasteiger partial charge on any atom is -0.394 e. The standard InChI is InChI=1S/C37H77NO6/c1-4-6-7-8-9-10-11-12-13-14-15-16-17-18-19-20-21-22-23-24-25-26-27-28-32(3)38-33(37(43)34(40)5-2)30-44-31-36(42)35(41)29-39/h32-43H,4-31H2,1-3H3/t32?,33-,34+,35-,36-,37-/m0/s1. The van der Waals surface area contributed by atoms with E-state index in [9.17, 15) is 20.4 Å². The molecule has 6 atom stereocenters. The van der Waals surface area contributed by atoms with Crippen molar-refractivity contribution in [2.75, 3.05) is 19.8 Å². The summed E-state index contributed by atoms with van der Waals surface area (Å²) in [5.74, 6) is 0. The lowest BCUT2D eigenvalue weighted by atomic mass is 10.0. The fourth-order valence-electron chi connectivity index (χ4n) is 5.99. The van der Waals surface area contributed by atoms with Gasteiger partial charge in [-0.3, -0.25) is 0 Å². The lowest BCUT2D eigenvalue weighted by Gasteiger charge is -2.30. The molecule has 0 rings (SSSR count). The van der Waals surface area contributed by atoms with Crippen molar-refractivity contribution in [3.05, 3.63) is 0 Å². The first kappa shape index (κ1) is 43.7. The third kappa shape index (κ3) is 26.9. The van der Waals surface area contributed by atoms with Crippen LogP contribution in [0.3, 0.4) is 0 Å². The van der Waals surface area contributed by atoms with Crippen LogP contribution in [0.2, 0.25) is 0 Å². The van der Waals surface area contributed by atoms with Crippen LogP contribution in [-0.4, -0.2) is 81.9 Å². The molecule has 0 bridgehead atoms. The van der Waals surface area contributed by atoms with Gasteiger partial charge < -0.3 is 35.6 Å². The zero-order valence-electron chi connectivity index (χ0n) is 29.4. The molecule has 266 valence electrons. The second-order valence-corrected chi connectivity index (χ2v) is 13.6. The quantitative estimate of drug-likeness (QED) is 0.0399. The lowest BCUT2D eigenvalue weighted by molar-refractivity contribution is -0.0741. The summed E-state index contributed by atoms with van der Waals surface area (Å²) in [6.07, 6.45) is 28.9. The van der Waals surface area contributed by atoms with Gasteiger partial charge in [0.05, 0.1) is 38.1 Å². The van der Waals surface area contributed by atoms with Crippen molar-refractivity contribution in [3.8, 4) is 0 Å². The number of nitrogens with one attached hydrogen (secondary N) is 1. The molecule has 7 nitrogen and oxygen atoms in total. The first-order chi connectivity index (χ1) is 21.4. The van der Waals surface area contributed by atoms with Gasteiger partial charge in [-0.15, -0.1) is 0 Å². The Morgan fingerprint density at radius 3 is 1.25 bits per heavy atom. The average molecular weight is 632 g/mol. The van der Waals surface area contributed by atoms with E-state index < -0.39 is 37.1 Å². The number of aliphatic hydroxyl groups is 5. The maximum Gasteiger partial charge on any atom is 0.105 e. The van der Waals surface area contributed by atoms with Crippen molar-refractivity contribution in [1.29, 1.82) is 0 Å². The van der Waals surface area contributed by atoms with E-state index in [1.807, 2.05) is 6.92 Å². The molecule has 0 radical (unpaired) electrons. The summed E-state index contributed by atoms with van der Waals surface area (Å²) in [6.45, 7) is 5.59. The van der Waals surface area contributed by atoms with Gasteiger partial charge in [-0.2, -0.15) is 0 Å². The number of unbranched alkanes of at least 4 members (excludes halogenated alkanes) is 22. The maximum atomic E-state index is 10.6. The largest absolute Gasteiger partial charge is 0.394 e. The van der Waals surface area contributed by atoms with E-state index >= 15 is 0 Å². The second kappa shape index (κ2) is 32.7. The molecule has 0 fully saturated rings. The Morgan fingerprint density at radius 1 is 0.500 bits per heavy atom. The van der Waals surface area contributed by atoms with Gasteiger partial charge in [-0.05, 0) is 19.8 Å². The molecule has 44 heavy (non-hydrogen) atoms. The Kier molecular flexibility index (Phi) is 32.4. The van der Waals surface area contributed by atoms with Crippen molar-refractivity contribution in [2.45, 2.75) is 218 Å². The van der Waals surface area contributed by atoms with Crippen molar-refractivity contribution in [2.24, 2.45) is 0 Å². The average Bonchev–Trinajstić information content (AvgIpc) is 3.03.